The molecule has 0 aromatic heterocycles. The van der Waals surface area contributed by atoms with Gasteiger partial charge in [0.2, 0.25) is 0 Å². The van der Waals surface area contributed by atoms with Gasteiger partial charge in [-0.05, 0) is 43.1 Å². The lowest BCUT2D eigenvalue weighted by Crippen LogP contribution is -2.13. The number of rotatable bonds is 1. The summed E-state index contributed by atoms with van der Waals surface area (Å²) in [4.78, 5) is 0. The van der Waals surface area contributed by atoms with E-state index in [-0.39, 0.29) is 0 Å². The van der Waals surface area contributed by atoms with Crippen LogP contribution in [0.1, 0.15) is 30.0 Å². The molecule has 1 aromatic carbocycles. The summed E-state index contributed by atoms with van der Waals surface area (Å²) < 4.78 is 0. The maximum absolute atomic E-state index is 8.78. The van der Waals surface area contributed by atoms with Gasteiger partial charge in [-0.1, -0.05) is 11.6 Å². The van der Waals surface area contributed by atoms with Gasteiger partial charge >= 0.3 is 0 Å². The minimum Gasteiger partial charge on any atom is -0.310 e. The van der Waals surface area contributed by atoms with Crippen molar-refractivity contribution in [3.63, 3.8) is 0 Å². The molecule has 0 bridgehead atoms. The summed E-state index contributed by atoms with van der Waals surface area (Å²) in [6, 6.07) is 7.89. The van der Waals surface area contributed by atoms with E-state index in [1.807, 2.05) is 6.07 Å². The van der Waals surface area contributed by atoms with Gasteiger partial charge in [0.25, 0.3) is 0 Å². The van der Waals surface area contributed by atoms with Crippen molar-refractivity contribution < 1.29 is 0 Å². The van der Waals surface area contributed by atoms with Crippen molar-refractivity contribution in [3.05, 3.63) is 34.3 Å². The van der Waals surface area contributed by atoms with Crippen molar-refractivity contribution in [2.24, 2.45) is 0 Å². The molecule has 0 amide bonds. The maximum atomic E-state index is 8.78. The van der Waals surface area contributed by atoms with Crippen LogP contribution >= 0.6 is 11.6 Å². The fraction of sp³-hybridized carbons (Fsp3) is 0.364. The summed E-state index contributed by atoms with van der Waals surface area (Å²) >= 11 is 6.08. The van der Waals surface area contributed by atoms with Gasteiger partial charge in [-0.15, -0.1) is 0 Å². The molecule has 14 heavy (non-hydrogen) atoms. The molecule has 1 fully saturated rings. The third-order valence-electron chi connectivity index (χ3n) is 2.56. The summed E-state index contributed by atoms with van der Waals surface area (Å²) in [7, 11) is 0. The van der Waals surface area contributed by atoms with Crippen LogP contribution in [0.3, 0.4) is 0 Å². The van der Waals surface area contributed by atoms with Gasteiger partial charge in [0, 0.05) is 11.1 Å². The predicted molar refractivity (Wildman–Crippen MR) is 56.1 cm³/mol. The summed E-state index contributed by atoms with van der Waals surface area (Å²) in [5.41, 5.74) is 1.74. The third kappa shape index (κ3) is 1.75. The first-order valence-electron chi connectivity index (χ1n) is 4.74. The molecule has 0 aliphatic carbocycles. The number of hydrogen-bond acceptors (Lipinski definition) is 2. The molecule has 1 aromatic rings. The monoisotopic (exact) mass is 206 g/mol. The van der Waals surface area contributed by atoms with Gasteiger partial charge in [-0.25, -0.2) is 0 Å². The SMILES string of the molecule is N#Cc1ccc(Cl)c([C@@H]2CCCN2)c1. The van der Waals surface area contributed by atoms with Gasteiger partial charge in [0.15, 0.2) is 0 Å². The van der Waals surface area contributed by atoms with E-state index in [1.165, 1.54) is 6.42 Å². The molecule has 1 N–H and O–H groups in total. The van der Waals surface area contributed by atoms with Gasteiger partial charge in [0.05, 0.1) is 11.6 Å². The fourth-order valence-electron chi connectivity index (χ4n) is 1.83. The lowest BCUT2D eigenvalue weighted by molar-refractivity contribution is 0.648. The van der Waals surface area contributed by atoms with E-state index in [0.29, 0.717) is 11.6 Å². The number of nitriles is 1. The lowest BCUT2D eigenvalue weighted by atomic mass is 10.0. The van der Waals surface area contributed by atoms with E-state index >= 15 is 0 Å². The molecule has 0 radical (unpaired) electrons. The predicted octanol–water partition coefficient (Wildman–Crippen LogP) is 2.64. The van der Waals surface area contributed by atoms with E-state index in [9.17, 15) is 0 Å². The van der Waals surface area contributed by atoms with Crippen molar-refractivity contribution in [3.8, 4) is 6.07 Å². The van der Waals surface area contributed by atoms with Crippen LogP contribution in [0, 0.1) is 11.3 Å². The molecule has 1 saturated heterocycles. The maximum Gasteiger partial charge on any atom is 0.0991 e. The molecule has 0 unspecified atom stereocenters. The van der Waals surface area contributed by atoms with E-state index in [4.69, 9.17) is 16.9 Å². The molecule has 2 rings (SSSR count). The van der Waals surface area contributed by atoms with Crippen LogP contribution in [0.4, 0.5) is 0 Å². The molecular formula is C11H11ClN2. The topological polar surface area (TPSA) is 35.8 Å². The lowest BCUT2D eigenvalue weighted by Gasteiger charge is -2.12. The van der Waals surface area contributed by atoms with Crippen molar-refractivity contribution >= 4 is 11.6 Å². The highest BCUT2D eigenvalue weighted by molar-refractivity contribution is 6.31. The Kier molecular flexibility index (Phi) is 2.72. The third-order valence-corrected chi connectivity index (χ3v) is 2.91. The molecule has 1 aliphatic heterocycles. The van der Waals surface area contributed by atoms with Gasteiger partial charge in [-0.3, -0.25) is 0 Å². The minimum absolute atomic E-state index is 0.329. The Hall–Kier alpha value is -1.04. The summed E-state index contributed by atoms with van der Waals surface area (Å²) in [5, 5.41) is 12.9. The van der Waals surface area contributed by atoms with Crippen LogP contribution in [0.15, 0.2) is 18.2 Å². The van der Waals surface area contributed by atoms with E-state index in [2.05, 4.69) is 11.4 Å². The Morgan fingerprint density at radius 2 is 2.36 bits per heavy atom. The second-order valence-corrected chi connectivity index (χ2v) is 3.90. The number of hydrogen-bond donors (Lipinski definition) is 1. The van der Waals surface area contributed by atoms with E-state index in [1.54, 1.807) is 12.1 Å². The Labute approximate surface area is 88.5 Å². The molecule has 1 atom stereocenters. The van der Waals surface area contributed by atoms with Crippen LogP contribution < -0.4 is 5.32 Å². The molecule has 0 spiro atoms. The number of nitrogens with zero attached hydrogens (tertiary/aromatic N) is 1. The highest BCUT2D eigenvalue weighted by Crippen LogP contribution is 2.29. The Morgan fingerprint density at radius 3 is 3.00 bits per heavy atom. The zero-order valence-corrected chi connectivity index (χ0v) is 8.51. The molecule has 2 nitrogen and oxygen atoms in total. The van der Waals surface area contributed by atoms with Crippen LogP contribution in [-0.2, 0) is 0 Å². The van der Waals surface area contributed by atoms with E-state index < -0.39 is 0 Å². The minimum atomic E-state index is 0.329. The normalized spacial score (nSPS) is 20.7. The number of nitrogens with one attached hydrogen (secondary N) is 1. The average molecular weight is 207 g/mol. The second kappa shape index (κ2) is 4.00. The molecular weight excluding hydrogens is 196 g/mol. The van der Waals surface area contributed by atoms with Crippen LogP contribution in [0.25, 0.3) is 0 Å². The Balaban J connectivity index is 2.35. The molecule has 3 heteroatoms. The largest absolute Gasteiger partial charge is 0.310 e. The van der Waals surface area contributed by atoms with Crippen molar-refractivity contribution in [2.45, 2.75) is 18.9 Å². The molecule has 0 saturated carbocycles. The Bertz CT molecular complexity index is 375. The summed E-state index contributed by atoms with van der Waals surface area (Å²) in [6.07, 6.45) is 2.28. The quantitative estimate of drug-likeness (QED) is 0.767. The Morgan fingerprint density at radius 1 is 1.50 bits per heavy atom. The second-order valence-electron chi connectivity index (χ2n) is 3.50. The zero-order valence-electron chi connectivity index (χ0n) is 7.76. The van der Waals surface area contributed by atoms with Crippen LogP contribution in [0.5, 0.6) is 0 Å². The molecule has 72 valence electrons. The average Bonchev–Trinajstić information content (AvgIpc) is 2.71. The standard InChI is InChI=1S/C11H11ClN2/c12-10-4-3-8(7-13)6-9(10)11-2-1-5-14-11/h3-4,6,11,14H,1-2,5H2/t11-/m0/s1. The van der Waals surface area contributed by atoms with Crippen molar-refractivity contribution in [1.29, 1.82) is 5.26 Å². The first-order valence-corrected chi connectivity index (χ1v) is 5.12. The van der Waals surface area contributed by atoms with E-state index in [0.717, 1.165) is 23.6 Å². The first kappa shape index (κ1) is 9.51. The highest BCUT2D eigenvalue weighted by Gasteiger charge is 2.18. The summed E-state index contributed by atoms with van der Waals surface area (Å²) in [6.45, 7) is 1.04. The number of halogens is 1. The smallest absolute Gasteiger partial charge is 0.0991 e. The summed E-state index contributed by atoms with van der Waals surface area (Å²) in [5.74, 6) is 0. The number of benzene rings is 1. The highest BCUT2D eigenvalue weighted by atomic mass is 35.5. The zero-order chi connectivity index (χ0) is 9.97. The molecule has 1 heterocycles. The van der Waals surface area contributed by atoms with Gasteiger partial charge in [0.1, 0.15) is 0 Å². The van der Waals surface area contributed by atoms with Gasteiger partial charge in [-0.2, -0.15) is 5.26 Å². The van der Waals surface area contributed by atoms with Crippen molar-refractivity contribution in [2.75, 3.05) is 6.54 Å². The molecule has 1 aliphatic rings. The first-order chi connectivity index (χ1) is 6.81. The van der Waals surface area contributed by atoms with Crippen molar-refractivity contribution in [1.82, 2.24) is 5.32 Å². The van der Waals surface area contributed by atoms with Crippen LogP contribution in [-0.4, -0.2) is 6.54 Å². The fourth-order valence-corrected chi connectivity index (χ4v) is 2.08. The van der Waals surface area contributed by atoms with Gasteiger partial charge < -0.3 is 5.32 Å². The van der Waals surface area contributed by atoms with Crippen LogP contribution in [0.2, 0.25) is 5.02 Å².